The van der Waals surface area contributed by atoms with Gasteiger partial charge in [-0.1, -0.05) is 46.6 Å². The largest absolute Gasteiger partial charge is 0.480 e. The quantitative estimate of drug-likeness (QED) is 0.0645. The molecule has 0 aromatic rings. The maximum Gasteiger partial charge on any atom is 0.480 e. The molecule has 0 spiro atoms. The first kappa shape index (κ1) is 38.8. The molecular formula is C22H40F6N2O6S2. The summed E-state index contributed by atoms with van der Waals surface area (Å²) < 4.78 is 116. The summed E-state index contributed by atoms with van der Waals surface area (Å²) >= 11 is 0. The minimum absolute atomic E-state index is 0.254. The highest BCUT2D eigenvalue weighted by Crippen LogP contribution is 2.36. The number of hydrogen-bond acceptors (Lipinski definition) is 6. The molecule has 0 saturated heterocycles. The molecule has 0 amide bonds. The fraction of sp³-hybridized carbons (Fsp3) is 0.864. The van der Waals surface area contributed by atoms with Gasteiger partial charge in [0.1, 0.15) is 0 Å². The molecule has 0 aromatic heterocycles. The average Bonchev–Trinajstić information content (AvgIpc) is 2.77. The molecule has 0 aliphatic carbocycles. The topological polar surface area (TPSA) is 109 Å². The third kappa shape index (κ3) is 15.3. The Labute approximate surface area is 222 Å². The van der Waals surface area contributed by atoms with E-state index in [9.17, 15) is 48.0 Å². The van der Waals surface area contributed by atoms with E-state index in [2.05, 4.69) is 27.4 Å². The number of nitrogens with zero attached hydrogens (tertiary/aromatic N) is 2. The van der Waals surface area contributed by atoms with Crippen molar-refractivity contribution in [2.45, 2.75) is 90.1 Å². The number of esters is 1. The first-order valence-electron chi connectivity index (χ1n) is 12.3. The normalized spacial score (nSPS) is 13.0. The summed E-state index contributed by atoms with van der Waals surface area (Å²) in [6, 6.07) is 0. The summed E-state index contributed by atoms with van der Waals surface area (Å²) in [6.07, 6.45) is 9.96. The smallest absolute Gasteiger partial charge is 0.462 e. The Hall–Kier alpha value is -1.39. The van der Waals surface area contributed by atoms with Crippen molar-refractivity contribution in [1.29, 1.82) is 0 Å². The number of unbranched alkanes of at least 4 members (excludes halogenated alkanes) is 4. The number of ether oxygens (including phenoxy) is 1. The number of carbonyl (C=O) groups is 1. The number of carbonyl (C=O) groups excluding carboxylic acids is 1. The van der Waals surface area contributed by atoms with Gasteiger partial charge in [-0.2, -0.15) is 26.3 Å². The van der Waals surface area contributed by atoms with Gasteiger partial charge in [-0.05, 0) is 32.6 Å². The van der Waals surface area contributed by atoms with Crippen molar-refractivity contribution in [2.75, 3.05) is 32.8 Å². The van der Waals surface area contributed by atoms with Gasteiger partial charge in [-0.25, -0.2) is 21.6 Å². The zero-order chi connectivity index (χ0) is 30.3. The van der Waals surface area contributed by atoms with E-state index in [-0.39, 0.29) is 5.97 Å². The Morgan fingerprint density at radius 2 is 1.11 bits per heavy atom. The molecule has 8 nitrogen and oxygen atoms in total. The summed E-state index contributed by atoms with van der Waals surface area (Å²) in [4.78, 5) is 11.5. The Morgan fingerprint density at radius 3 is 1.45 bits per heavy atom. The maximum atomic E-state index is 11.5. The third-order valence-electron chi connectivity index (χ3n) is 5.35. The molecule has 228 valence electrons. The van der Waals surface area contributed by atoms with Crippen LogP contribution in [-0.2, 0) is 29.6 Å². The molecular weight excluding hydrogens is 566 g/mol. The van der Waals surface area contributed by atoms with Crippen molar-refractivity contribution < 1.29 is 57.2 Å². The second kappa shape index (κ2) is 17.3. The summed E-state index contributed by atoms with van der Waals surface area (Å²) in [5.74, 6) is -0.254. The van der Waals surface area contributed by atoms with E-state index in [1.807, 2.05) is 0 Å². The van der Waals surface area contributed by atoms with Gasteiger partial charge in [-0.3, -0.25) is 0 Å². The lowest BCUT2D eigenvalue weighted by atomic mass is 10.1. The molecule has 16 heteroatoms. The zero-order valence-electron chi connectivity index (χ0n) is 22.3. The molecule has 0 saturated carbocycles. The fourth-order valence-corrected chi connectivity index (χ4v) is 4.97. The van der Waals surface area contributed by atoms with Crippen LogP contribution in [0.2, 0.25) is 0 Å². The SMILES string of the molecule is C=C(C)C(=O)OCCC[N+](CCCC)(CCCC)CCCCC.O=S(=O)([N-]S(=O)(=O)C(F)(F)F)C(F)(F)F. The molecule has 0 heterocycles. The van der Waals surface area contributed by atoms with E-state index in [1.54, 1.807) is 6.92 Å². The molecule has 0 atom stereocenters. The standard InChI is InChI=1S/C20H40NO2.C2F6NO4S2/c1-6-9-12-16-21(14-10-7-2,15-11-8-3)17-13-18-23-20(22)19(4)5;3-1(4,5)14(10,11)9-15(12,13)2(6,7)8/h4,6-18H2,1-3,5H3;/q+1;-1. The van der Waals surface area contributed by atoms with E-state index < -0.39 is 31.1 Å². The van der Waals surface area contributed by atoms with Crippen molar-refractivity contribution in [3.63, 3.8) is 0 Å². The van der Waals surface area contributed by atoms with Gasteiger partial charge in [-0.15, -0.1) is 0 Å². The van der Waals surface area contributed by atoms with Crippen molar-refractivity contribution in [1.82, 2.24) is 0 Å². The Kier molecular flexibility index (Phi) is 17.7. The molecule has 0 aromatic carbocycles. The van der Waals surface area contributed by atoms with Gasteiger partial charge in [0.05, 0.1) is 32.8 Å². The second-order valence-corrected chi connectivity index (χ2v) is 12.3. The number of rotatable bonds is 17. The lowest BCUT2D eigenvalue weighted by Crippen LogP contribution is -2.51. The van der Waals surface area contributed by atoms with Crippen LogP contribution >= 0.6 is 0 Å². The number of sulfonamides is 2. The fourth-order valence-electron chi connectivity index (χ4n) is 3.26. The Morgan fingerprint density at radius 1 is 0.737 bits per heavy atom. The zero-order valence-corrected chi connectivity index (χ0v) is 24.0. The second-order valence-electron chi connectivity index (χ2n) is 8.84. The molecule has 0 aliphatic heterocycles. The Balaban J connectivity index is 0. The maximum absolute atomic E-state index is 11.5. The summed E-state index contributed by atoms with van der Waals surface area (Å²) in [5, 5.41) is 0. The van der Waals surface area contributed by atoms with Gasteiger partial charge in [0.2, 0.25) is 0 Å². The number of alkyl halides is 6. The first-order chi connectivity index (χ1) is 17.2. The van der Waals surface area contributed by atoms with Crippen LogP contribution in [0.5, 0.6) is 0 Å². The average molecular weight is 607 g/mol. The van der Waals surface area contributed by atoms with Crippen molar-refractivity contribution in [2.24, 2.45) is 0 Å². The molecule has 0 rings (SSSR count). The van der Waals surface area contributed by atoms with Crippen LogP contribution in [0.4, 0.5) is 26.3 Å². The third-order valence-corrected chi connectivity index (χ3v) is 8.09. The van der Waals surface area contributed by atoms with Gasteiger partial charge in [0, 0.05) is 12.0 Å². The monoisotopic (exact) mass is 606 g/mol. The highest BCUT2D eigenvalue weighted by Gasteiger charge is 2.46. The molecule has 0 unspecified atom stereocenters. The molecule has 0 N–H and O–H groups in total. The molecule has 0 fully saturated rings. The van der Waals surface area contributed by atoms with Crippen molar-refractivity contribution >= 4 is 26.0 Å². The highest BCUT2D eigenvalue weighted by atomic mass is 32.3. The number of halogens is 6. The van der Waals surface area contributed by atoms with Gasteiger partial charge >= 0.3 is 17.0 Å². The van der Waals surface area contributed by atoms with Gasteiger partial charge in [0.25, 0.3) is 0 Å². The van der Waals surface area contributed by atoms with Crippen LogP contribution < -0.4 is 0 Å². The van der Waals surface area contributed by atoms with Crippen LogP contribution in [0.25, 0.3) is 4.13 Å². The summed E-state index contributed by atoms with van der Waals surface area (Å²) in [6.45, 7) is 17.6. The lowest BCUT2D eigenvalue weighted by Gasteiger charge is -2.39. The molecule has 0 bridgehead atoms. The predicted molar refractivity (Wildman–Crippen MR) is 133 cm³/mol. The molecule has 0 radical (unpaired) electrons. The van der Waals surface area contributed by atoms with E-state index >= 15 is 0 Å². The molecule has 38 heavy (non-hydrogen) atoms. The number of quaternary nitrogens is 1. The minimum Gasteiger partial charge on any atom is -0.462 e. The first-order valence-corrected chi connectivity index (χ1v) is 15.1. The molecule has 0 aliphatic rings. The van der Waals surface area contributed by atoms with Crippen LogP contribution in [0.3, 0.4) is 0 Å². The van der Waals surface area contributed by atoms with E-state index in [4.69, 9.17) is 4.74 Å². The lowest BCUT2D eigenvalue weighted by molar-refractivity contribution is -0.929. The van der Waals surface area contributed by atoms with Crippen LogP contribution in [0, 0.1) is 0 Å². The minimum atomic E-state index is -6.72. The van der Waals surface area contributed by atoms with Crippen LogP contribution in [0.1, 0.15) is 79.1 Å². The van der Waals surface area contributed by atoms with Crippen LogP contribution in [-0.4, -0.2) is 71.1 Å². The van der Waals surface area contributed by atoms with E-state index in [0.29, 0.717) is 12.2 Å². The highest BCUT2D eigenvalue weighted by molar-refractivity contribution is 8.13. The van der Waals surface area contributed by atoms with Crippen LogP contribution in [0.15, 0.2) is 12.2 Å². The van der Waals surface area contributed by atoms with Crippen molar-refractivity contribution in [3.8, 4) is 0 Å². The van der Waals surface area contributed by atoms with E-state index in [0.717, 1.165) is 17.1 Å². The Bertz CT molecular complexity index is 870. The van der Waals surface area contributed by atoms with Gasteiger partial charge in [0.15, 0.2) is 20.0 Å². The predicted octanol–water partition coefficient (Wildman–Crippen LogP) is 6.16. The summed E-state index contributed by atoms with van der Waals surface area (Å²) in [5.41, 5.74) is -11.9. The number of hydrogen-bond donors (Lipinski definition) is 0. The van der Waals surface area contributed by atoms with Crippen molar-refractivity contribution in [3.05, 3.63) is 16.3 Å². The van der Waals surface area contributed by atoms with E-state index in [1.165, 1.54) is 69.1 Å². The van der Waals surface area contributed by atoms with Gasteiger partial charge < -0.3 is 13.3 Å². The summed E-state index contributed by atoms with van der Waals surface area (Å²) in [7, 11) is -13.4.